The minimum absolute atomic E-state index is 0.00620. The van der Waals surface area contributed by atoms with E-state index < -0.39 is 28.4 Å². The van der Waals surface area contributed by atoms with E-state index in [0.717, 1.165) is 12.3 Å². The number of nitrogens with zero attached hydrogens (tertiary/aromatic N) is 2. The molecule has 2 aromatic carbocycles. The fourth-order valence-corrected chi connectivity index (χ4v) is 2.45. The molecule has 1 amide bonds. The fourth-order valence-electron chi connectivity index (χ4n) is 2.23. The van der Waals surface area contributed by atoms with E-state index in [1.165, 1.54) is 6.07 Å². The number of hydrogen-bond acceptors (Lipinski definition) is 7. The third-order valence-electron chi connectivity index (χ3n) is 3.46. The van der Waals surface area contributed by atoms with Crippen molar-refractivity contribution in [2.75, 3.05) is 6.61 Å². The van der Waals surface area contributed by atoms with Crippen molar-refractivity contribution < 1.29 is 24.3 Å². The molecule has 10 heteroatoms. The lowest BCUT2D eigenvalue weighted by Gasteiger charge is -2.24. The van der Waals surface area contributed by atoms with Gasteiger partial charge in [-0.1, -0.05) is 23.7 Å². The van der Waals surface area contributed by atoms with E-state index in [2.05, 4.69) is 10.5 Å². The first-order valence-corrected chi connectivity index (χ1v) is 7.72. The van der Waals surface area contributed by atoms with Gasteiger partial charge in [0.15, 0.2) is 11.5 Å². The summed E-state index contributed by atoms with van der Waals surface area (Å²) in [4.78, 5) is 22.2. The van der Waals surface area contributed by atoms with Crippen molar-refractivity contribution in [2.24, 2.45) is 5.10 Å². The first-order valence-electron chi connectivity index (χ1n) is 7.34. The standard InChI is InChI=1S/C16H12ClN3O6/c17-10-5-9(15(21)11(6-10)20(23)24)7-18-19-16(22)14-8-25-12-3-1-2-4-13(12)26-14/h1-7,14,21H,8H2,(H,19,22)/b18-7-. The number of rotatable bonds is 4. The summed E-state index contributed by atoms with van der Waals surface area (Å²) >= 11 is 5.78. The molecule has 1 aliphatic heterocycles. The summed E-state index contributed by atoms with van der Waals surface area (Å²) in [6, 6.07) is 9.20. The van der Waals surface area contributed by atoms with Gasteiger partial charge < -0.3 is 14.6 Å². The van der Waals surface area contributed by atoms with Crippen LogP contribution in [0.15, 0.2) is 41.5 Å². The summed E-state index contributed by atoms with van der Waals surface area (Å²) in [5, 5.41) is 24.4. The predicted molar refractivity (Wildman–Crippen MR) is 91.9 cm³/mol. The third-order valence-corrected chi connectivity index (χ3v) is 3.68. The Bertz CT molecular complexity index is 902. The number of nitro groups is 1. The van der Waals surface area contributed by atoms with E-state index >= 15 is 0 Å². The first kappa shape index (κ1) is 17.5. The summed E-state index contributed by atoms with van der Waals surface area (Å²) in [5.41, 5.74) is 1.65. The average Bonchev–Trinajstić information content (AvgIpc) is 2.63. The van der Waals surface area contributed by atoms with Crippen LogP contribution in [-0.2, 0) is 4.79 Å². The van der Waals surface area contributed by atoms with Crippen LogP contribution < -0.4 is 14.9 Å². The fraction of sp³-hybridized carbons (Fsp3) is 0.125. The molecule has 1 aliphatic rings. The molecule has 0 spiro atoms. The maximum absolute atomic E-state index is 12.1. The Kier molecular flexibility index (Phi) is 4.90. The van der Waals surface area contributed by atoms with Crippen LogP contribution in [0.5, 0.6) is 17.2 Å². The Morgan fingerprint density at radius 1 is 1.38 bits per heavy atom. The van der Waals surface area contributed by atoms with Gasteiger partial charge in [-0.2, -0.15) is 5.10 Å². The van der Waals surface area contributed by atoms with Crippen LogP contribution in [0.2, 0.25) is 5.02 Å². The molecule has 0 fully saturated rings. The van der Waals surface area contributed by atoms with E-state index in [9.17, 15) is 20.0 Å². The quantitative estimate of drug-likeness (QED) is 0.478. The van der Waals surface area contributed by atoms with Gasteiger partial charge in [0.25, 0.3) is 5.91 Å². The van der Waals surface area contributed by atoms with Crippen molar-refractivity contribution >= 4 is 29.4 Å². The number of aromatic hydroxyl groups is 1. The zero-order chi connectivity index (χ0) is 18.7. The topological polar surface area (TPSA) is 123 Å². The first-order chi connectivity index (χ1) is 12.5. The molecule has 1 unspecified atom stereocenters. The van der Waals surface area contributed by atoms with Gasteiger partial charge in [0.2, 0.25) is 11.9 Å². The van der Waals surface area contributed by atoms with Crippen LogP contribution in [0.3, 0.4) is 0 Å². The number of amides is 1. The van der Waals surface area contributed by atoms with Crippen LogP contribution in [0.25, 0.3) is 0 Å². The second-order valence-corrected chi connectivity index (χ2v) is 5.65. The zero-order valence-electron chi connectivity index (χ0n) is 13.1. The number of nitro benzene ring substituents is 1. The van der Waals surface area contributed by atoms with Crippen molar-refractivity contribution in [2.45, 2.75) is 6.10 Å². The third kappa shape index (κ3) is 3.67. The van der Waals surface area contributed by atoms with E-state index in [-0.39, 0.29) is 17.2 Å². The smallest absolute Gasteiger partial charge is 0.312 e. The molecule has 9 nitrogen and oxygen atoms in total. The molecule has 1 atom stereocenters. The Balaban J connectivity index is 1.68. The maximum Gasteiger partial charge on any atom is 0.312 e. The highest BCUT2D eigenvalue weighted by atomic mass is 35.5. The number of ether oxygens (including phenoxy) is 2. The Morgan fingerprint density at radius 3 is 2.85 bits per heavy atom. The van der Waals surface area contributed by atoms with Gasteiger partial charge in [-0.05, 0) is 18.2 Å². The predicted octanol–water partition coefficient (Wildman–Crippen LogP) is 2.24. The van der Waals surface area contributed by atoms with Crippen LogP contribution in [0.1, 0.15) is 5.56 Å². The number of fused-ring (bicyclic) bond motifs is 1. The lowest BCUT2D eigenvalue weighted by molar-refractivity contribution is -0.385. The molecule has 0 bridgehead atoms. The molecule has 0 saturated heterocycles. The molecule has 2 N–H and O–H groups in total. The molecule has 3 rings (SSSR count). The Hall–Kier alpha value is -3.33. The number of hydrazone groups is 1. The van der Waals surface area contributed by atoms with E-state index in [1.807, 2.05) is 0 Å². The van der Waals surface area contributed by atoms with Gasteiger partial charge in [-0.25, -0.2) is 5.43 Å². The van der Waals surface area contributed by atoms with Crippen molar-refractivity contribution in [1.82, 2.24) is 5.43 Å². The van der Waals surface area contributed by atoms with Crippen LogP contribution in [-0.4, -0.2) is 34.9 Å². The molecule has 0 aliphatic carbocycles. The monoisotopic (exact) mass is 377 g/mol. The number of carbonyl (C=O) groups is 1. The van der Waals surface area contributed by atoms with E-state index in [0.29, 0.717) is 11.5 Å². The summed E-state index contributed by atoms with van der Waals surface area (Å²) in [6.45, 7) is 0.00620. The highest BCUT2D eigenvalue weighted by Gasteiger charge is 2.27. The minimum atomic E-state index is -0.913. The van der Waals surface area contributed by atoms with E-state index in [1.54, 1.807) is 24.3 Å². The van der Waals surface area contributed by atoms with Gasteiger partial charge in [0.05, 0.1) is 11.1 Å². The van der Waals surface area contributed by atoms with Gasteiger partial charge in [0.1, 0.15) is 6.61 Å². The van der Waals surface area contributed by atoms with Crippen LogP contribution in [0, 0.1) is 10.1 Å². The number of nitrogens with one attached hydrogen (secondary N) is 1. The highest BCUT2D eigenvalue weighted by molar-refractivity contribution is 6.31. The lowest BCUT2D eigenvalue weighted by Crippen LogP contribution is -2.42. The van der Waals surface area contributed by atoms with Gasteiger partial charge in [-0.15, -0.1) is 0 Å². The van der Waals surface area contributed by atoms with Gasteiger partial charge in [0, 0.05) is 16.7 Å². The number of para-hydroxylation sites is 2. The molecular weight excluding hydrogens is 366 g/mol. The summed E-state index contributed by atoms with van der Waals surface area (Å²) in [7, 11) is 0. The Morgan fingerprint density at radius 2 is 2.12 bits per heavy atom. The number of halogens is 1. The van der Waals surface area contributed by atoms with Crippen molar-refractivity contribution in [3.63, 3.8) is 0 Å². The normalized spacial score (nSPS) is 15.7. The van der Waals surface area contributed by atoms with Crippen molar-refractivity contribution in [3.05, 3.63) is 57.1 Å². The molecule has 0 radical (unpaired) electrons. The minimum Gasteiger partial charge on any atom is -0.502 e. The van der Waals surface area contributed by atoms with Crippen molar-refractivity contribution in [3.8, 4) is 17.2 Å². The van der Waals surface area contributed by atoms with Crippen LogP contribution in [0.4, 0.5) is 5.69 Å². The summed E-state index contributed by atoms with van der Waals surface area (Å²) < 4.78 is 10.9. The zero-order valence-corrected chi connectivity index (χ0v) is 13.8. The maximum atomic E-state index is 12.1. The summed E-state index contributed by atoms with van der Waals surface area (Å²) in [5.74, 6) is -0.211. The SMILES string of the molecule is O=C(N/N=C\c1cc(Cl)cc([N+](=O)[O-])c1O)C1COc2ccccc2O1. The molecular formula is C16H12ClN3O6. The second kappa shape index (κ2) is 7.28. The Labute approximate surface area is 151 Å². The number of hydrogen-bond donors (Lipinski definition) is 2. The molecule has 1 heterocycles. The molecule has 26 heavy (non-hydrogen) atoms. The summed E-state index contributed by atoms with van der Waals surface area (Å²) in [6.07, 6.45) is 0.133. The molecule has 2 aromatic rings. The van der Waals surface area contributed by atoms with Gasteiger partial charge in [-0.3, -0.25) is 14.9 Å². The highest BCUT2D eigenvalue weighted by Crippen LogP contribution is 2.32. The average molecular weight is 378 g/mol. The van der Waals surface area contributed by atoms with E-state index in [4.69, 9.17) is 21.1 Å². The van der Waals surface area contributed by atoms with Crippen molar-refractivity contribution in [1.29, 1.82) is 0 Å². The number of carbonyl (C=O) groups excluding carboxylic acids is 1. The largest absolute Gasteiger partial charge is 0.502 e. The van der Waals surface area contributed by atoms with Gasteiger partial charge >= 0.3 is 5.69 Å². The van der Waals surface area contributed by atoms with Crippen LogP contribution >= 0.6 is 11.6 Å². The number of phenols is 1. The molecule has 0 saturated carbocycles. The molecule has 0 aromatic heterocycles. The lowest BCUT2D eigenvalue weighted by atomic mass is 10.2. The number of phenolic OH excluding ortho intramolecular Hbond substituents is 1. The molecule has 134 valence electrons. The second-order valence-electron chi connectivity index (χ2n) is 5.22. The number of benzene rings is 2.